The van der Waals surface area contributed by atoms with Gasteiger partial charge in [0.25, 0.3) is 5.91 Å². The van der Waals surface area contributed by atoms with Crippen molar-refractivity contribution in [2.45, 2.75) is 32.6 Å². The third-order valence-corrected chi connectivity index (χ3v) is 4.52. The first-order valence-corrected chi connectivity index (χ1v) is 7.83. The molecular formula is C15H20INO. The van der Waals surface area contributed by atoms with Crippen molar-refractivity contribution in [3.63, 3.8) is 0 Å². The van der Waals surface area contributed by atoms with Gasteiger partial charge >= 0.3 is 0 Å². The van der Waals surface area contributed by atoms with E-state index in [1.54, 1.807) is 0 Å². The van der Waals surface area contributed by atoms with E-state index in [0.717, 1.165) is 37.4 Å². The Kier molecular flexibility index (Phi) is 5.03. The quantitative estimate of drug-likeness (QED) is 0.734. The van der Waals surface area contributed by atoms with Crippen molar-refractivity contribution in [2.24, 2.45) is 5.92 Å². The van der Waals surface area contributed by atoms with Crippen molar-refractivity contribution < 1.29 is 4.79 Å². The second-order valence-electron chi connectivity index (χ2n) is 5.00. The molecule has 0 spiro atoms. The molecule has 0 aromatic heterocycles. The van der Waals surface area contributed by atoms with E-state index in [4.69, 9.17) is 0 Å². The van der Waals surface area contributed by atoms with E-state index in [1.807, 2.05) is 29.2 Å². The van der Waals surface area contributed by atoms with Crippen LogP contribution >= 0.6 is 22.6 Å². The number of carbonyl (C=O) groups excluding carboxylic acids is 1. The Morgan fingerprint density at radius 2 is 2.00 bits per heavy atom. The zero-order valence-corrected chi connectivity index (χ0v) is 13.0. The molecule has 1 fully saturated rings. The van der Waals surface area contributed by atoms with Crippen LogP contribution in [0.1, 0.15) is 43.0 Å². The van der Waals surface area contributed by atoms with Gasteiger partial charge in [0.2, 0.25) is 0 Å². The summed E-state index contributed by atoms with van der Waals surface area (Å²) >= 11 is 2.26. The lowest BCUT2D eigenvalue weighted by molar-refractivity contribution is 0.0760. The molecule has 18 heavy (non-hydrogen) atoms. The van der Waals surface area contributed by atoms with Crippen molar-refractivity contribution in [1.29, 1.82) is 0 Å². The summed E-state index contributed by atoms with van der Waals surface area (Å²) in [4.78, 5) is 14.4. The SMILES string of the molecule is CCC1CCCN(C(=O)c2ccc(I)cc2)CC1. The van der Waals surface area contributed by atoms with E-state index in [9.17, 15) is 4.79 Å². The molecule has 98 valence electrons. The van der Waals surface area contributed by atoms with Gasteiger partial charge in [0, 0.05) is 22.2 Å². The Labute approximate surface area is 123 Å². The number of amides is 1. The molecule has 0 aliphatic carbocycles. The van der Waals surface area contributed by atoms with Crippen molar-refractivity contribution >= 4 is 28.5 Å². The summed E-state index contributed by atoms with van der Waals surface area (Å²) in [7, 11) is 0. The molecule has 0 radical (unpaired) electrons. The molecule has 1 saturated heterocycles. The van der Waals surface area contributed by atoms with E-state index >= 15 is 0 Å². The molecule has 1 amide bonds. The number of carbonyl (C=O) groups is 1. The number of hydrogen-bond acceptors (Lipinski definition) is 1. The molecule has 1 aliphatic heterocycles. The minimum absolute atomic E-state index is 0.197. The molecule has 1 aromatic rings. The van der Waals surface area contributed by atoms with Crippen LogP contribution in [0.5, 0.6) is 0 Å². The molecule has 0 bridgehead atoms. The number of nitrogens with zero attached hydrogens (tertiary/aromatic N) is 1. The zero-order valence-electron chi connectivity index (χ0n) is 10.9. The first-order valence-electron chi connectivity index (χ1n) is 6.75. The summed E-state index contributed by atoms with van der Waals surface area (Å²) in [6.45, 7) is 4.09. The summed E-state index contributed by atoms with van der Waals surface area (Å²) in [6.07, 6.45) is 4.82. The Bertz CT molecular complexity index is 401. The molecule has 2 nitrogen and oxygen atoms in total. The smallest absolute Gasteiger partial charge is 0.253 e. The number of hydrogen-bond donors (Lipinski definition) is 0. The number of halogens is 1. The third kappa shape index (κ3) is 3.46. The average Bonchev–Trinajstić information content (AvgIpc) is 2.64. The lowest BCUT2D eigenvalue weighted by Gasteiger charge is -2.20. The van der Waals surface area contributed by atoms with Crippen molar-refractivity contribution in [1.82, 2.24) is 4.90 Å². The lowest BCUT2D eigenvalue weighted by atomic mass is 9.98. The minimum Gasteiger partial charge on any atom is -0.339 e. The summed E-state index contributed by atoms with van der Waals surface area (Å²) in [5, 5.41) is 0. The van der Waals surface area contributed by atoms with Crippen LogP contribution in [-0.4, -0.2) is 23.9 Å². The Morgan fingerprint density at radius 1 is 1.28 bits per heavy atom. The average molecular weight is 357 g/mol. The number of rotatable bonds is 2. The normalized spacial score (nSPS) is 20.6. The Hall–Kier alpha value is -0.580. The summed E-state index contributed by atoms with van der Waals surface area (Å²) in [5.74, 6) is 1.00. The van der Waals surface area contributed by atoms with Crippen LogP contribution in [0.2, 0.25) is 0 Å². The van der Waals surface area contributed by atoms with Crippen LogP contribution in [0.15, 0.2) is 24.3 Å². The molecular weight excluding hydrogens is 337 g/mol. The monoisotopic (exact) mass is 357 g/mol. The molecule has 3 heteroatoms. The predicted octanol–water partition coefficient (Wildman–Crippen LogP) is 3.94. The van der Waals surface area contributed by atoms with E-state index in [-0.39, 0.29) is 5.91 Å². The molecule has 2 rings (SSSR count). The van der Waals surface area contributed by atoms with Gasteiger partial charge in [-0.1, -0.05) is 13.3 Å². The number of benzene rings is 1. The van der Waals surface area contributed by atoms with Crippen molar-refractivity contribution in [3.05, 3.63) is 33.4 Å². The molecule has 1 aliphatic rings. The maximum atomic E-state index is 12.4. The van der Waals surface area contributed by atoms with Crippen LogP contribution < -0.4 is 0 Å². The number of likely N-dealkylation sites (tertiary alicyclic amines) is 1. The first-order chi connectivity index (χ1) is 8.70. The van der Waals surface area contributed by atoms with E-state index in [0.29, 0.717) is 0 Å². The molecule has 0 saturated carbocycles. The summed E-state index contributed by atoms with van der Waals surface area (Å²) in [5.41, 5.74) is 0.824. The predicted molar refractivity (Wildman–Crippen MR) is 82.7 cm³/mol. The largest absolute Gasteiger partial charge is 0.339 e. The highest BCUT2D eigenvalue weighted by molar-refractivity contribution is 14.1. The van der Waals surface area contributed by atoms with Gasteiger partial charge in [-0.3, -0.25) is 4.79 Å². The summed E-state index contributed by atoms with van der Waals surface area (Å²) in [6, 6.07) is 7.87. The van der Waals surface area contributed by atoms with E-state index in [2.05, 4.69) is 29.5 Å². The van der Waals surface area contributed by atoms with Gasteiger partial charge in [0.1, 0.15) is 0 Å². The molecule has 1 aromatic carbocycles. The third-order valence-electron chi connectivity index (χ3n) is 3.80. The highest BCUT2D eigenvalue weighted by Gasteiger charge is 2.20. The topological polar surface area (TPSA) is 20.3 Å². The van der Waals surface area contributed by atoms with Gasteiger partial charge in [0.15, 0.2) is 0 Å². The van der Waals surface area contributed by atoms with Gasteiger partial charge in [-0.05, 0) is 72.0 Å². The fourth-order valence-corrected chi connectivity index (χ4v) is 2.91. The molecule has 1 unspecified atom stereocenters. The van der Waals surface area contributed by atoms with Crippen molar-refractivity contribution in [2.75, 3.05) is 13.1 Å². The van der Waals surface area contributed by atoms with Gasteiger partial charge in [-0.2, -0.15) is 0 Å². The van der Waals surface area contributed by atoms with Crippen LogP contribution in [0.4, 0.5) is 0 Å². The van der Waals surface area contributed by atoms with E-state index in [1.165, 1.54) is 16.4 Å². The van der Waals surface area contributed by atoms with Gasteiger partial charge in [0.05, 0.1) is 0 Å². The fraction of sp³-hybridized carbons (Fsp3) is 0.533. The second kappa shape index (κ2) is 6.55. The lowest BCUT2D eigenvalue weighted by Crippen LogP contribution is -2.32. The molecule has 1 heterocycles. The van der Waals surface area contributed by atoms with Crippen LogP contribution in [0, 0.1) is 9.49 Å². The van der Waals surface area contributed by atoms with Gasteiger partial charge in [-0.25, -0.2) is 0 Å². The van der Waals surface area contributed by atoms with Crippen LogP contribution in [-0.2, 0) is 0 Å². The molecule has 0 N–H and O–H groups in total. The highest BCUT2D eigenvalue weighted by atomic mass is 127. The van der Waals surface area contributed by atoms with E-state index < -0.39 is 0 Å². The van der Waals surface area contributed by atoms with Crippen molar-refractivity contribution in [3.8, 4) is 0 Å². The van der Waals surface area contributed by atoms with Gasteiger partial charge in [-0.15, -0.1) is 0 Å². The maximum absolute atomic E-state index is 12.4. The maximum Gasteiger partial charge on any atom is 0.253 e. The minimum atomic E-state index is 0.197. The summed E-state index contributed by atoms with van der Waals surface area (Å²) < 4.78 is 1.17. The fourth-order valence-electron chi connectivity index (χ4n) is 2.55. The standard InChI is InChI=1S/C15H20INO/c1-2-12-4-3-10-17(11-9-12)15(18)13-5-7-14(16)8-6-13/h5-8,12H,2-4,9-11H2,1H3. The zero-order chi connectivity index (χ0) is 13.0. The molecule has 1 atom stereocenters. The Morgan fingerprint density at radius 3 is 2.67 bits per heavy atom. The van der Waals surface area contributed by atoms with Crippen LogP contribution in [0.25, 0.3) is 0 Å². The highest BCUT2D eigenvalue weighted by Crippen LogP contribution is 2.21. The van der Waals surface area contributed by atoms with Crippen LogP contribution in [0.3, 0.4) is 0 Å². The van der Waals surface area contributed by atoms with Gasteiger partial charge < -0.3 is 4.90 Å². The second-order valence-corrected chi connectivity index (χ2v) is 6.25. The first kappa shape index (κ1) is 13.8. The Balaban J connectivity index is 2.02.